The summed E-state index contributed by atoms with van der Waals surface area (Å²) in [7, 11) is 1.73. The van der Waals surface area contributed by atoms with Gasteiger partial charge in [0.25, 0.3) is 5.91 Å². The molecule has 7 heteroatoms. The molecule has 3 rings (SSSR count). The Morgan fingerprint density at radius 3 is 2.70 bits per heavy atom. The van der Waals surface area contributed by atoms with Crippen LogP contribution in [0.4, 0.5) is 0 Å². The van der Waals surface area contributed by atoms with E-state index in [1.54, 1.807) is 31.0 Å². The van der Waals surface area contributed by atoms with Crippen molar-refractivity contribution in [3.63, 3.8) is 0 Å². The molecule has 2 aromatic rings. The zero-order valence-corrected chi connectivity index (χ0v) is 13.5. The molecule has 1 N–H and O–H groups in total. The van der Waals surface area contributed by atoms with E-state index in [0.29, 0.717) is 10.8 Å². The zero-order valence-electron chi connectivity index (χ0n) is 12.7. The van der Waals surface area contributed by atoms with Gasteiger partial charge in [-0.3, -0.25) is 9.59 Å². The summed E-state index contributed by atoms with van der Waals surface area (Å²) in [6.45, 7) is 1.67. The lowest BCUT2D eigenvalue weighted by Gasteiger charge is -2.25. The Bertz CT molecular complexity index is 741. The fourth-order valence-electron chi connectivity index (χ4n) is 2.87. The van der Waals surface area contributed by atoms with Crippen LogP contribution >= 0.6 is 11.6 Å². The third kappa shape index (κ3) is 2.94. The topological polar surface area (TPSA) is 75.4 Å². The summed E-state index contributed by atoms with van der Waals surface area (Å²) in [5, 5.41) is 3.51. The van der Waals surface area contributed by atoms with Crippen molar-refractivity contribution >= 4 is 23.4 Å². The second kappa shape index (κ2) is 6.04. The van der Waals surface area contributed by atoms with Gasteiger partial charge in [-0.15, -0.1) is 0 Å². The van der Waals surface area contributed by atoms with E-state index in [-0.39, 0.29) is 36.0 Å². The molecule has 1 saturated heterocycles. The molecule has 6 nitrogen and oxygen atoms in total. The molecule has 23 heavy (non-hydrogen) atoms. The van der Waals surface area contributed by atoms with Gasteiger partial charge in [-0.25, -0.2) is 4.98 Å². The highest BCUT2D eigenvalue weighted by atomic mass is 35.5. The number of likely N-dealkylation sites (tertiary alicyclic amines) is 1. The van der Waals surface area contributed by atoms with E-state index in [1.807, 2.05) is 12.1 Å². The zero-order chi connectivity index (χ0) is 16.6. The summed E-state index contributed by atoms with van der Waals surface area (Å²) in [5.74, 6) is 0.0821. The molecule has 0 bridgehead atoms. The largest absolute Gasteiger partial charge is 0.448 e. The number of likely N-dealkylation sites (N-methyl/N-ethyl adjacent to an activating group) is 1. The predicted octanol–water partition coefficient (Wildman–Crippen LogP) is 2.34. The molecule has 0 unspecified atom stereocenters. The average molecular weight is 334 g/mol. The molecule has 0 saturated carbocycles. The van der Waals surface area contributed by atoms with Crippen molar-refractivity contribution in [2.75, 3.05) is 7.05 Å². The molecule has 0 spiro atoms. The van der Waals surface area contributed by atoms with Crippen LogP contribution in [0.2, 0.25) is 5.02 Å². The summed E-state index contributed by atoms with van der Waals surface area (Å²) in [4.78, 5) is 30.0. The van der Waals surface area contributed by atoms with Crippen molar-refractivity contribution in [1.29, 1.82) is 0 Å². The minimum atomic E-state index is -0.344. The molecule has 2 heterocycles. The van der Waals surface area contributed by atoms with Crippen LogP contribution in [0.5, 0.6) is 0 Å². The number of nitrogens with one attached hydrogen (secondary N) is 1. The van der Waals surface area contributed by atoms with Crippen LogP contribution in [0.15, 0.2) is 35.1 Å². The van der Waals surface area contributed by atoms with Crippen LogP contribution in [0, 0.1) is 6.92 Å². The number of carbonyl (C=O) groups is 2. The first-order chi connectivity index (χ1) is 11.0. The lowest BCUT2D eigenvalue weighted by atomic mass is 10.00. The summed E-state index contributed by atoms with van der Waals surface area (Å²) in [6, 6.07) is 6.70. The Labute approximate surface area is 138 Å². The van der Waals surface area contributed by atoms with E-state index in [2.05, 4.69) is 10.3 Å². The van der Waals surface area contributed by atoms with Crippen molar-refractivity contribution in [3.05, 3.63) is 52.7 Å². The van der Waals surface area contributed by atoms with Crippen LogP contribution in [-0.4, -0.2) is 34.8 Å². The quantitative estimate of drug-likeness (QED) is 0.935. The third-order valence-electron chi connectivity index (χ3n) is 4.07. The van der Waals surface area contributed by atoms with E-state index in [4.69, 9.17) is 16.0 Å². The number of carbonyl (C=O) groups excluding carboxylic acids is 2. The van der Waals surface area contributed by atoms with Crippen LogP contribution < -0.4 is 5.32 Å². The summed E-state index contributed by atoms with van der Waals surface area (Å²) in [5.41, 5.74) is 1.16. The molecule has 120 valence electrons. The predicted molar refractivity (Wildman–Crippen MR) is 84.1 cm³/mol. The molecule has 1 aromatic carbocycles. The van der Waals surface area contributed by atoms with E-state index in [9.17, 15) is 9.59 Å². The minimum absolute atomic E-state index is 0.0212. The Kier molecular flexibility index (Phi) is 4.09. The number of oxazole rings is 1. The van der Waals surface area contributed by atoms with Gasteiger partial charge in [0.15, 0.2) is 12.1 Å². The van der Waals surface area contributed by atoms with Gasteiger partial charge in [-0.1, -0.05) is 23.7 Å². The summed E-state index contributed by atoms with van der Waals surface area (Å²) < 4.78 is 5.05. The van der Waals surface area contributed by atoms with Gasteiger partial charge in [-0.05, 0) is 24.6 Å². The lowest BCUT2D eigenvalue weighted by Crippen LogP contribution is -2.39. The van der Waals surface area contributed by atoms with E-state index in [1.165, 1.54) is 6.39 Å². The number of nitrogens with zero attached hydrogens (tertiary/aromatic N) is 2. The van der Waals surface area contributed by atoms with Gasteiger partial charge >= 0.3 is 0 Å². The van der Waals surface area contributed by atoms with Crippen LogP contribution in [0.1, 0.15) is 34.3 Å². The van der Waals surface area contributed by atoms with E-state index < -0.39 is 0 Å². The molecule has 1 fully saturated rings. The lowest BCUT2D eigenvalue weighted by molar-refractivity contribution is -0.127. The Balaban J connectivity index is 1.85. The monoisotopic (exact) mass is 333 g/mol. The van der Waals surface area contributed by atoms with Crippen molar-refractivity contribution in [3.8, 4) is 0 Å². The van der Waals surface area contributed by atoms with E-state index >= 15 is 0 Å². The standard InChI is InChI=1S/C16H16ClN3O3/c1-9-14(18-8-23-9)16(22)19-12-7-13(21)20(2)15(12)10-3-5-11(17)6-4-10/h3-6,8,12,15H,7H2,1-2H3,(H,19,22)/t12-,15-/m1/s1. The maximum atomic E-state index is 12.3. The molecule has 0 aliphatic carbocycles. The Morgan fingerprint density at radius 1 is 1.39 bits per heavy atom. The fraction of sp³-hybridized carbons (Fsp3) is 0.312. The second-order valence-electron chi connectivity index (χ2n) is 5.54. The maximum Gasteiger partial charge on any atom is 0.273 e. The van der Waals surface area contributed by atoms with Gasteiger partial charge in [0.1, 0.15) is 5.76 Å². The van der Waals surface area contributed by atoms with Crippen LogP contribution in [0.3, 0.4) is 0 Å². The number of aryl methyl sites for hydroxylation is 1. The highest BCUT2D eigenvalue weighted by Crippen LogP contribution is 2.32. The highest BCUT2D eigenvalue weighted by Gasteiger charge is 2.39. The highest BCUT2D eigenvalue weighted by molar-refractivity contribution is 6.30. The van der Waals surface area contributed by atoms with Gasteiger partial charge < -0.3 is 14.6 Å². The SMILES string of the molecule is Cc1ocnc1C(=O)N[C@@H]1CC(=O)N(C)[C@@H]1c1ccc(Cl)cc1. The number of benzene rings is 1. The van der Waals surface area contributed by atoms with Crippen LogP contribution in [0.25, 0.3) is 0 Å². The maximum absolute atomic E-state index is 12.3. The normalized spacial score (nSPS) is 20.8. The first-order valence-corrected chi connectivity index (χ1v) is 7.57. The Morgan fingerprint density at radius 2 is 2.09 bits per heavy atom. The number of amides is 2. The van der Waals surface area contributed by atoms with Gasteiger partial charge in [0.2, 0.25) is 5.91 Å². The molecular formula is C16H16ClN3O3. The first kappa shape index (κ1) is 15.6. The summed E-state index contributed by atoms with van der Waals surface area (Å²) >= 11 is 5.92. The number of hydrogen-bond donors (Lipinski definition) is 1. The molecular weight excluding hydrogens is 318 g/mol. The van der Waals surface area contributed by atoms with Crippen molar-refractivity contribution in [2.24, 2.45) is 0 Å². The molecule has 1 aliphatic heterocycles. The molecule has 2 amide bonds. The van der Waals surface area contributed by atoms with E-state index in [0.717, 1.165) is 5.56 Å². The second-order valence-corrected chi connectivity index (χ2v) is 5.98. The number of aromatic nitrogens is 1. The fourth-order valence-corrected chi connectivity index (χ4v) is 3.00. The van der Waals surface area contributed by atoms with Gasteiger partial charge in [-0.2, -0.15) is 0 Å². The first-order valence-electron chi connectivity index (χ1n) is 7.19. The summed E-state index contributed by atoms with van der Waals surface area (Å²) in [6.07, 6.45) is 1.47. The van der Waals surface area contributed by atoms with Crippen molar-refractivity contribution in [2.45, 2.75) is 25.4 Å². The molecule has 0 radical (unpaired) electrons. The smallest absolute Gasteiger partial charge is 0.273 e. The molecule has 1 aromatic heterocycles. The van der Waals surface area contributed by atoms with Crippen LogP contribution in [-0.2, 0) is 4.79 Å². The number of hydrogen-bond acceptors (Lipinski definition) is 4. The average Bonchev–Trinajstić information content (AvgIpc) is 3.05. The number of halogens is 1. The number of rotatable bonds is 3. The molecule has 2 atom stereocenters. The van der Waals surface area contributed by atoms with Crippen molar-refractivity contribution < 1.29 is 14.0 Å². The molecule has 1 aliphatic rings. The van der Waals surface area contributed by atoms with Gasteiger partial charge in [0.05, 0.1) is 12.1 Å². The minimum Gasteiger partial charge on any atom is -0.448 e. The Hall–Kier alpha value is -2.34. The van der Waals surface area contributed by atoms with Crippen molar-refractivity contribution in [1.82, 2.24) is 15.2 Å². The third-order valence-corrected chi connectivity index (χ3v) is 4.33. The van der Waals surface area contributed by atoms with Gasteiger partial charge in [0, 0.05) is 18.5 Å².